The molecule has 1 saturated heterocycles. The van der Waals surface area contributed by atoms with E-state index >= 15 is 0 Å². The van der Waals surface area contributed by atoms with Crippen molar-refractivity contribution < 1.29 is 36.7 Å². The first-order valence-electron chi connectivity index (χ1n) is 11.3. The monoisotopic (exact) mass is 563 g/mol. The lowest BCUT2D eigenvalue weighted by Crippen LogP contribution is -2.43. The average Bonchev–Trinajstić information content (AvgIpc) is 2.87. The molecule has 39 heavy (non-hydrogen) atoms. The van der Waals surface area contributed by atoms with Crippen LogP contribution in [-0.2, 0) is 20.5 Å². The quantitative estimate of drug-likeness (QED) is 0.170. The Morgan fingerprint density at radius 1 is 1.05 bits per heavy atom. The van der Waals surface area contributed by atoms with Gasteiger partial charge in [-0.2, -0.15) is 13.2 Å². The van der Waals surface area contributed by atoms with Gasteiger partial charge in [-0.3, -0.25) is 19.8 Å². The number of nitrogens with zero attached hydrogens (tertiary/aromatic N) is 1. The van der Waals surface area contributed by atoms with E-state index in [0.717, 1.165) is 24.3 Å². The second kappa shape index (κ2) is 12.1. The van der Waals surface area contributed by atoms with Crippen LogP contribution >= 0.6 is 11.6 Å². The molecule has 1 fully saturated rings. The maximum absolute atomic E-state index is 14.3. The standard InChI is InChI=1S/C24H16ClF4N3O2.C3H6O2/c25-17-6-3-5-16(24(27,28)29)21(17)23(34)31-19-12-13(32-11-10-20(32)33)8-9-15(19)22(30)14-4-1-2-7-18(14)26;1-3(4)5-2/h1-9,12,30H,10-11H2,(H,31,34);1-2H3. The van der Waals surface area contributed by atoms with Gasteiger partial charge in [-0.05, 0) is 42.5 Å². The van der Waals surface area contributed by atoms with Gasteiger partial charge in [0.15, 0.2) is 0 Å². The number of alkyl halides is 3. The molecule has 4 rings (SSSR count). The van der Waals surface area contributed by atoms with Crippen molar-refractivity contribution >= 4 is 46.5 Å². The normalized spacial score (nSPS) is 12.6. The van der Waals surface area contributed by atoms with Gasteiger partial charge in [0.25, 0.3) is 5.91 Å². The van der Waals surface area contributed by atoms with E-state index in [4.69, 9.17) is 17.0 Å². The first-order valence-corrected chi connectivity index (χ1v) is 11.7. The Hall–Kier alpha value is -4.25. The Balaban J connectivity index is 0.000000771. The fourth-order valence-corrected chi connectivity index (χ4v) is 3.85. The average molecular weight is 564 g/mol. The number of esters is 1. The van der Waals surface area contributed by atoms with Crippen LogP contribution in [0.4, 0.5) is 28.9 Å². The molecular weight excluding hydrogens is 542 g/mol. The number of β-lactam (4-membered cyclic amide) rings is 1. The Bertz CT molecular complexity index is 1440. The fraction of sp³-hybridized carbons (Fsp3) is 0.185. The van der Waals surface area contributed by atoms with Crippen LogP contribution in [0.25, 0.3) is 0 Å². The second-order valence-electron chi connectivity index (χ2n) is 8.19. The van der Waals surface area contributed by atoms with Gasteiger partial charge >= 0.3 is 12.1 Å². The molecule has 0 spiro atoms. The van der Waals surface area contributed by atoms with Gasteiger partial charge in [0.1, 0.15) is 5.82 Å². The minimum Gasteiger partial charge on any atom is -0.469 e. The highest BCUT2D eigenvalue weighted by molar-refractivity contribution is 6.35. The summed E-state index contributed by atoms with van der Waals surface area (Å²) < 4.78 is 59.0. The van der Waals surface area contributed by atoms with E-state index in [9.17, 15) is 31.9 Å². The summed E-state index contributed by atoms with van der Waals surface area (Å²) >= 11 is 5.94. The molecule has 1 aliphatic heterocycles. The van der Waals surface area contributed by atoms with Crippen LogP contribution in [0.5, 0.6) is 0 Å². The molecule has 0 saturated carbocycles. The maximum atomic E-state index is 14.3. The largest absolute Gasteiger partial charge is 0.469 e. The van der Waals surface area contributed by atoms with E-state index in [-0.39, 0.29) is 34.4 Å². The number of rotatable bonds is 5. The summed E-state index contributed by atoms with van der Waals surface area (Å²) in [6, 6.07) is 12.8. The number of hydrogen-bond acceptors (Lipinski definition) is 5. The summed E-state index contributed by atoms with van der Waals surface area (Å²) in [4.78, 5) is 35.9. The molecule has 0 radical (unpaired) electrons. The third-order valence-electron chi connectivity index (χ3n) is 5.66. The van der Waals surface area contributed by atoms with Crippen LogP contribution in [0, 0.1) is 11.2 Å². The van der Waals surface area contributed by atoms with Crippen LogP contribution in [0.2, 0.25) is 5.02 Å². The zero-order valence-corrected chi connectivity index (χ0v) is 21.4. The predicted molar refractivity (Wildman–Crippen MR) is 138 cm³/mol. The minimum atomic E-state index is -4.84. The summed E-state index contributed by atoms with van der Waals surface area (Å²) in [5.74, 6) is -2.26. The maximum Gasteiger partial charge on any atom is 0.417 e. The molecule has 0 aromatic heterocycles. The van der Waals surface area contributed by atoms with E-state index in [1.165, 1.54) is 55.3 Å². The summed E-state index contributed by atoms with van der Waals surface area (Å²) in [7, 11) is 1.35. The van der Waals surface area contributed by atoms with Gasteiger partial charge in [0, 0.05) is 36.7 Å². The molecule has 204 valence electrons. The fourth-order valence-electron chi connectivity index (χ4n) is 3.59. The van der Waals surface area contributed by atoms with Gasteiger partial charge in [-0.25, -0.2) is 4.39 Å². The highest BCUT2D eigenvalue weighted by atomic mass is 35.5. The number of carbonyl (C=O) groups is 3. The molecule has 0 atom stereocenters. The SMILES string of the molecule is COC(C)=O.N=C(c1ccccc1F)c1ccc(N2CCC2=O)cc1NC(=O)c1c(Cl)cccc1C(F)(F)F. The van der Waals surface area contributed by atoms with Crippen molar-refractivity contribution in [2.75, 3.05) is 23.9 Å². The van der Waals surface area contributed by atoms with Crippen LogP contribution in [-0.4, -0.2) is 37.1 Å². The number of ether oxygens (including phenoxy) is 1. The molecule has 0 unspecified atom stereocenters. The lowest BCUT2D eigenvalue weighted by molar-refractivity contribution is -0.138. The highest BCUT2D eigenvalue weighted by Gasteiger charge is 2.36. The van der Waals surface area contributed by atoms with Gasteiger partial charge in [-0.15, -0.1) is 0 Å². The van der Waals surface area contributed by atoms with Crippen LogP contribution in [0.1, 0.15) is 40.4 Å². The number of anilines is 2. The van der Waals surface area contributed by atoms with Crippen molar-refractivity contribution in [2.45, 2.75) is 19.5 Å². The van der Waals surface area contributed by atoms with Gasteiger partial charge in [0.05, 0.1) is 34.7 Å². The molecule has 0 aliphatic carbocycles. The van der Waals surface area contributed by atoms with Crippen molar-refractivity contribution in [2.24, 2.45) is 0 Å². The Labute approximate surface area is 225 Å². The summed E-state index contributed by atoms with van der Waals surface area (Å²) in [5.41, 5.74) is -2.02. The Morgan fingerprint density at radius 2 is 1.72 bits per heavy atom. The van der Waals surface area contributed by atoms with Crippen molar-refractivity contribution in [3.8, 4) is 0 Å². The molecule has 7 nitrogen and oxygen atoms in total. The van der Waals surface area contributed by atoms with Crippen molar-refractivity contribution in [1.82, 2.24) is 0 Å². The number of carbonyl (C=O) groups excluding carboxylic acids is 3. The Morgan fingerprint density at radius 3 is 2.26 bits per heavy atom. The molecule has 0 bridgehead atoms. The number of amides is 2. The number of halogens is 5. The van der Waals surface area contributed by atoms with Crippen molar-refractivity contribution in [1.29, 1.82) is 5.41 Å². The summed E-state index contributed by atoms with van der Waals surface area (Å²) in [6.45, 7) is 1.79. The van der Waals surface area contributed by atoms with Crippen LogP contribution in [0.15, 0.2) is 60.7 Å². The predicted octanol–water partition coefficient (Wildman–Crippen LogP) is 6.08. The summed E-state index contributed by atoms with van der Waals surface area (Å²) in [6.07, 6.45) is -4.50. The molecule has 3 aromatic rings. The molecule has 1 aliphatic rings. The number of hydrogen-bond donors (Lipinski definition) is 2. The zero-order chi connectivity index (χ0) is 28.9. The number of benzene rings is 3. The third kappa shape index (κ3) is 6.80. The summed E-state index contributed by atoms with van der Waals surface area (Å²) in [5, 5.41) is 10.5. The second-order valence-corrected chi connectivity index (χ2v) is 8.60. The molecule has 3 aromatic carbocycles. The number of methoxy groups -OCH3 is 1. The lowest BCUT2D eigenvalue weighted by atomic mass is 9.98. The van der Waals surface area contributed by atoms with E-state index in [1.54, 1.807) is 0 Å². The molecule has 2 N–H and O–H groups in total. The van der Waals surface area contributed by atoms with Gasteiger partial charge in [-0.1, -0.05) is 29.8 Å². The van der Waals surface area contributed by atoms with Crippen LogP contribution in [0.3, 0.4) is 0 Å². The lowest BCUT2D eigenvalue weighted by Gasteiger charge is -2.31. The molecular formula is C27H22ClF4N3O4. The Kier molecular flexibility index (Phi) is 9.08. The first-order chi connectivity index (χ1) is 18.3. The number of nitrogens with one attached hydrogen (secondary N) is 2. The van der Waals surface area contributed by atoms with Crippen molar-refractivity contribution in [3.63, 3.8) is 0 Å². The van der Waals surface area contributed by atoms with E-state index in [0.29, 0.717) is 18.7 Å². The third-order valence-corrected chi connectivity index (χ3v) is 5.97. The molecule has 2 amide bonds. The van der Waals surface area contributed by atoms with Gasteiger partial charge < -0.3 is 15.0 Å². The van der Waals surface area contributed by atoms with Crippen molar-refractivity contribution in [3.05, 3.63) is 93.8 Å². The topological polar surface area (TPSA) is 99.6 Å². The van der Waals surface area contributed by atoms with Gasteiger partial charge in [0.2, 0.25) is 5.91 Å². The van der Waals surface area contributed by atoms with E-state index < -0.39 is 34.1 Å². The molecule has 1 heterocycles. The smallest absolute Gasteiger partial charge is 0.417 e. The highest BCUT2D eigenvalue weighted by Crippen LogP contribution is 2.36. The first kappa shape index (κ1) is 29.3. The van der Waals surface area contributed by atoms with Crippen LogP contribution < -0.4 is 10.2 Å². The molecule has 12 heteroatoms. The zero-order valence-electron chi connectivity index (χ0n) is 20.7. The van der Waals surface area contributed by atoms with E-state index in [1.807, 2.05) is 0 Å². The van der Waals surface area contributed by atoms with E-state index in [2.05, 4.69) is 10.1 Å². The minimum absolute atomic E-state index is 0.0517.